The van der Waals surface area contributed by atoms with Crippen LogP contribution in [0.4, 0.5) is 0 Å². The molecule has 0 saturated heterocycles. The molecule has 2 rings (SSSR count). The molecule has 1 aromatic heterocycles. The predicted octanol–water partition coefficient (Wildman–Crippen LogP) is 3.63. The Labute approximate surface area is 120 Å². The van der Waals surface area contributed by atoms with Gasteiger partial charge in [-0.1, -0.05) is 25.1 Å². The van der Waals surface area contributed by atoms with Crippen LogP contribution >= 0.6 is 0 Å². The Bertz CT molecular complexity index is 654. The fourth-order valence-corrected chi connectivity index (χ4v) is 2.40. The van der Waals surface area contributed by atoms with Crippen LogP contribution in [-0.4, -0.2) is 16.4 Å². The largest absolute Gasteiger partial charge is 0.347 e. The minimum atomic E-state index is -0.250. The maximum absolute atomic E-state index is 12.6. The van der Waals surface area contributed by atoms with Gasteiger partial charge in [-0.2, -0.15) is 0 Å². The van der Waals surface area contributed by atoms with E-state index < -0.39 is 0 Å². The molecule has 1 aromatic carbocycles. The van der Waals surface area contributed by atoms with Gasteiger partial charge in [-0.05, 0) is 45.7 Å². The SMILES string of the molecule is CCc1nc2ccccc2c(C)c1C(=O)NC(C)(C)C. The number of hydrogen-bond acceptors (Lipinski definition) is 2. The maximum Gasteiger partial charge on any atom is 0.253 e. The molecule has 0 radical (unpaired) electrons. The van der Waals surface area contributed by atoms with E-state index in [1.54, 1.807) is 0 Å². The zero-order chi connectivity index (χ0) is 14.9. The standard InChI is InChI=1S/C17H22N2O/c1-6-13-15(16(20)19-17(3,4)5)11(2)12-9-7-8-10-14(12)18-13/h7-10H,6H2,1-5H3,(H,19,20). The number of fused-ring (bicyclic) bond motifs is 1. The van der Waals surface area contributed by atoms with Crippen LogP contribution in [0.2, 0.25) is 0 Å². The van der Waals surface area contributed by atoms with Crippen molar-refractivity contribution in [1.82, 2.24) is 10.3 Å². The van der Waals surface area contributed by atoms with Crippen molar-refractivity contribution in [3.8, 4) is 0 Å². The van der Waals surface area contributed by atoms with Crippen LogP contribution in [0.15, 0.2) is 24.3 Å². The van der Waals surface area contributed by atoms with Crippen molar-refractivity contribution in [3.63, 3.8) is 0 Å². The van der Waals surface area contributed by atoms with Gasteiger partial charge >= 0.3 is 0 Å². The highest BCUT2D eigenvalue weighted by Crippen LogP contribution is 2.23. The number of nitrogens with zero attached hydrogens (tertiary/aromatic N) is 1. The van der Waals surface area contributed by atoms with Gasteiger partial charge in [0.05, 0.1) is 16.8 Å². The van der Waals surface area contributed by atoms with E-state index in [1.807, 2.05) is 58.9 Å². The zero-order valence-electron chi connectivity index (χ0n) is 12.9. The highest BCUT2D eigenvalue weighted by Gasteiger charge is 2.21. The average Bonchev–Trinajstić information content (AvgIpc) is 2.36. The summed E-state index contributed by atoms with van der Waals surface area (Å²) in [6.45, 7) is 9.99. The second kappa shape index (κ2) is 5.23. The van der Waals surface area contributed by atoms with Gasteiger partial charge in [0.15, 0.2) is 0 Å². The summed E-state index contributed by atoms with van der Waals surface area (Å²) in [6, 6.07) is 7.97. The van der Waals surface area contributed by atoms with Gasteiger partial charge in [-0.25, -0.2) is 0 Å². The van der Waals surface area contributed by atoms with Gasteiger partial charge in [0.2, 0.25) is 0 Å². The van der Waals surface area contributed by atoms with E-state index in [0.29, 0.717) is 0 Å². The van der Waals surface area contributed by atoms with E-state index in [4.69, 9.17) is 0 Å². The first-order valence-corrected chi connectivity index (χ1v) is 7.04. The molecular formula is C17H22N2O. The summed E-state index contributed by atoms with van der Waals surface area (Å²) < 4.78 is 0. The number of aryl methyl sites for hydroxylation is 2. The van der Waals surface area contributed by atoms with E-state index in [-0.39, 0.29) is 11.4 Å². The molecule has 0 aliphatic carbocycles. The Morgan fingerprint density at radius 1 is 1.25 bits per heavy atom. The van der Waals surface area contributed by atoms with Crippen molar-refractivity contribution in [2.24, 2.45) is 0 Å². The molecule has 1 heterocycles. The number of pyridine rings is 1. The van der Waals surface area contributed by atoms with Crippen molar-refractivity contribution in [2.75, 3.05) is 0 Å². The molecule has 0 saturated carbocycles. The van der Waals surface area contributed by atoms with Gasteiger partial charge in [-0.15, -0.1) is 0 Å². The molecule has 0 fully saturated rings. The van der Waals surface area contributed by atoms with Gasteiger partial charge in [-0.3, -0.25) is 9.78 Å². The van der Waals surface area contributed by atoms with Crippen molar-refractivity contribution in [3.05, 3.63) is 41.1 Å². The minimum Gasteiger partial charge on any atom is -0.347 e. The Morgan fingerprint density at radius 3 is 2.50 bits per heavy atom. The summed E-state index contributed by atoms with van der Waals surface area (Å²) in [7, 11) is 0. The van der Waals surface area contributed by atoms with Crippen LogP contribution in [0, 0.1) is 6.92 Å². The quantitative estimate of drug-likeness (QED) is 0.905. The van der Waals surface area contributed by atoms with Crippen LogP contribution in [0.25, 0.3) is 10.9 Å². The molecule has 0 atom stereocenters. The summed E-state index contributed by atoms with van der Waals surface area (Å²) in [6.07, 6.45) is 0.749. The maximum atomic E-state index is 12.6. The highest BCUT2D eigenvalue weighted by molar-refractivity contribution is 6.01. The van der Waals surface area contributed by atoms with E-state index in [0.717, 1.165) is 34.1 Å². The van der Waals surface area contributed by atoms with Gasteiger partial charge in [0.1, 0.15) is 0 Å². The lowest BCUT2D eigenvalue weighted by molar-refractivity contribution is 0.0917. The van der Waals surface area contributed by atoms with Crippen LogP contribution < -0.4 is 5.32 Å². The summed E-state index contributed by atoms with van der Waals surface area (Å²) >= 11 is 0. The number of carbonyl (C=O) groups is 1. The number of benzene rings is 1. The number of nitrogens with one attached hydrogen (secondary N) is 1. The van der Waals surface area contributed by atoms with E-state index >= 15 is 0 Å². The van der Waals surface area contributed by atoms with Crippen molar-refractivity contribution in [1.29, 1.82) is 0 Å². The molecule has 0 aliphatic rings. The smallest absolute Gasteiger partial charge is 0.253 e. The monoisotopic (exact) mass is 270 g/mol. The third-order valence-corrected chi connectivity index (χ3v) is 3.28. The first kappa shape index (κ1) is 14.5. The summed E-state index contributed by atoms with van der Waals surface area (Å²) in [5, 5.41) is 4.08. The Kier molecular flexibility index (Phi) is 3.80. The molecule has 3 heteroatoms. The molecule has 1 amide bonds. The normalized spacial score (nSPS) is 11.7. The van der Waals surface area contributed by atoms with Gasteiger partial charge in [0.25, 0.3) is 5.91 Å². The van der Waals surface area contributed by atoms with Crippen molar-refractivity contribution < 1.29 is 4.79 Å². The highest BCUT2D eigenvalue weighted by atomic mass is 16.1. The van der Waals surface area contributed by atoms with Crippen LogP contribution in [0.1, 0.15) is 49.3 Å². The molecule has 1 N–H and O–H groups in total. The molecular weight excluding hydrogens is 248 g/mol. The Morgan fingerprint density at radius 2 is 1.90 bits per heavy atom. The van der Waals surface area contributed by atoms with Crippen molar-refractivity contribution in [2.45, 2.75) is 46.6 Å². The number of para-hydroxylation sites is 1. The summed E-state index contributed by atoms with van der Waals surface area (Å²) in [5.74, 6) is -0.0369. The number of carbonyl (C=O) groups excluding carboxylic acids is 1. The van der Waals surface area contributed by atoms with Gasteiger partial charge < -0.3 is 5.32 Å². The first-order valence-electron chi connectivity index (χ1n) is 7.04. The number of amides is 1. The minimum absolute atomic E-state index is 0.0369. The Balaban J connectivity index is 2.62. The lowest BCUT2D eigenvalue weighted by Crippen LogP contribution is -2.41. The number of hydrogen-bond donors (Lipinski definition) is 1. The first-order chi connectivity index (χ1) is 9.33. The molecule has 0 aliphatic heterocycles. The number of rotatable bonds is 2. The van der Waals surface area contributed by atoms with E-state index in [2.05, 4.69) is 10.3 Å². The van der Waals surface area contributed by atoms with Crippen LogP contribution in [0.5, 0.6) is 0 Å². The molecule has 0 spiro atoms. The topological polar surface area (TPSA) is 42.0 Å². The summed E-state index contributed by atoms with van der Waals surface area (Å²) in [5.41, 5.74) is 3.30. The summed E-state index contributed by atoms with van der Waals surface area (Å²) in [4.78, 5) is 17.2. The Hall–Kier alpha value is -1.90. The third-order valence-electron chi connectivity index (χ3n) is 3.28. The lowest BCUT2D eigenvalue weighted by atomic mass is 9.98. The van der Waals surface area contributed by atoms with E-state index in [1.165, 1.54) is 0 Å². The second-order valence-corrected chi connectivity index (χ2v) is 6.13. The fourth-order valence-electron chi connectivity index (χ4n) is 2.40. The predicted molar refractivity (Wildman–Crippen MR) is 83.1 cm³/mol. The van der Waals surface area contributed by atoms with Crippen LogP contribution in [0.3, 0.4) is 0 Å². The number of aromatic nitrogens is 1. The molecule has 2 aromatic rings. The molecule has 106 valence electrons. The molecule has 20 heavy (non-hydrogen) atoms. The second-order valence-electron chi connectivity index (χ2n) is 6.13. The van der Waals surface area contributed by atoms with E-state index in [9.17, 15) is 4.79 Å². The third kappa shape index (κ3) is 2.82. The van der Waals surface area contributed by atoms with Gasteiger partial charge in [0, 0.05) is 10.9 Å². The molecule has 3 nitrogen and oxygen atoms in total. The fraction of sp³-hybridized carbons (Fsp3) is 0.412. The van der Waals surface area contributed by atoms with Crippen molar-refractivity contribution >= 4 is 16.8 Å². The average molecular weight is 270 g/mol. The molecule has 0 unspecified atom stereocenters. The zero-order valence-corrected chi connectivity index (χ0v) is 12.9. The van der Waals surface area contributed by atoms with Crippen LogP contribution in [-0.2, 0) is 6.42 Å². The molecule has 0 bridgehead atoms. The lowest BCUT2D eigenvalue weighted by Gasteiger charge is -2.22.